The highest BCUT2D eigenvalue weighted by Crippen LogP contribution is 2.28. The number of benzene rings is 1. The number of aromatic nitrogens is 2. The Bertz CT molecular complexity index is 765. The van der Waals surface area contributed by atoms with Gasteiger partial charge in [0.1, 0.15) is 11.0 Å². The van der Waals surface area contributed by atoms with E-state index in [0.717, 1.165) is 27.9 Å². The van der Waals surface area contributed by atoms with Crippen LogP contribution in [0.2, 0.25) is 0 Å². The van der Waals surface area contributed by atoms with Gasteiger partial charge in [-0.3, -0.25) is 14.9 Å². The molecule has 0 saturated carbocycles. The molecule has 26 heavy (non-hydrogen) atoms. The second-order valence-electron chi connectivity index (χ2n) is 6.09. The number of hydrogen-bond donors (Lipinski definition) is 2. The molecule has 0 fully saturated rings. The Morgan fingerprint density at radius 2 is 2.04 bits per heavy atom. The van der Waals surface area contributed by atoms with Gasteiger partial charge >= 0.3 is 0 Å². The maximum Gasteiger partial charge on any atom is 0.249 e. The minimum absolute atomic E-state index is 0.0216. The summed E-state index contributed by atoms with van der Waals surface area (Å²) >= 11 is 4.73. The van der Waals surface area contributed by atoms with E-state index in [9.17, 15) is 9.59 Å². The molecule has 8 heteroatoms. The first-order chi connectivity index (χ1) is 12.4. The van der Waals surface area contributed by atoms with Crippen molar-refractivity contribution in [3.8, 4) is 10.6 Å². The number of carbonyl (C=O) groups excluding carboxylic acids is 2. The van der Waals surface area contributed by atoms with Crippen LogP contribution in [0.5, 0.6) is 0 Å². The number of nitrogens with zero attached hydrogens (tertiary/aromatic N) is 2. The Morgan fingerprint density at radius 3 is 2.69 bits per heavy atom. The molecule has 0 aliphatic heterocycles. The Labute approximate surface area is 165 Å². The standard InChI is InChI=1S/C18H23BrN4O2S/c1-4-7-14(24)20-15(11(3)5-2)16(25)21-18-23-22-17(26-18)12-8-6-9-13(19)10-12/h6,8-11,15H,4-5,7H2,1-3H3,(H,20,24)(H,21,23,25). The minimum atomic E-state index is -0.586. The van der Waals surface area contributed by atoms with Crippen LogP contribution in [0, 0.1) is 5.92 Å². The first-order valence-corrected chi connectivity index (χ1v) is 10.2. The van der Waals surface area contributed by atoms with Crippen molar-refractivity contribution < 1.29 is 9.59 Å². The molecule has 1 aromatic heterocycles. The third-order valence-electron chi connectivity index (χ3n) is 4.02. The molecule has 0 aliphatic carbocycles. The molecule has 2 rings (SSSR count). The largest absolute Gasteiger partial charge is 0.344 e. The quantitative estimate of drug-likeness (QED) is 0.645. The average Bonchev–Trinajstić information content (AvgIpc) is 3.07. The second kappa shape index (κ2) is 9.78. The third kappa shape index (κ3) is 5.60. The molecule has 2 amide bonds. The Kier molecular flexibility index (Phi) is 7.71. The lowest BCUT2D eigenvalue weighted by molar-refractivity contribution is -0.127. The predicted octanol–water partition coefficient (Wildman–Crippen LogP) is 4.24. The van der Waals surface area contributed by atoms with E-state index in [1.807, 2.05) is 45.0 Å². The van der Waals surface area contributed by atoms with Gasteiger partial charge in [-0.1, -0.05) is 66.6 Å². The zero-order valence-electron chi connectivity index (χ0n) is 15.1. The number of rotatable bonds is 8. The van der Waals surface area contributed by atoms with Crippen LogP contribution in [-0.4, -0.2) is 28.1 Å². The van der Waals surface area contributed by atoms with Crippen LogP contribution in [0.1, 0.15) is 40.0 Å². The zero-order valence-corrected chi connectivity index (χ0v) is 17.5. The van der Waals surface area contributed by atoms with E-state index in [-0.39, 0.29) is 17.7 Å². The molecule has 140 valence electrons. The fraction of sp³-hybridized carbons (Fsp3) is 0.444. The Morgan fingerprint density at radius 1 is 1.27 bits per heavy atom. The molecule has 0 radical (unpaired) electrons. The van der Waals surface area contributed by atoms with Crippen LogP contribution in [0.4, 0.5) is 5.13 Å². The fourth-order valence-corrected chi connectivity index (χ4v) is 3.51. The molecule has 2 atom stereocenters. The summed E-state index contributed by atoms with van der Waals surface area (Å²) in [6, 6.07) is 7.14. The van der Waals surface area contributed by atoms with E-state index < -0.39 is 6.04 Å². The van der Waals surface area contributed by atoms with Crippen molar-refractivity contribution in [2.75, 3.05) is 5.32 Å². The molecule has 1 heterocycles. The topological polar surface area (TPSA) is 84.0 Å². The molecule has 0 spiro atoms. The lowest BCUT2D eigenvalue weighted by Crippen LogP contribution is -2.47. The smallest absolute Gasteiger partial charge is 0.249 e. The van der Waals surface area contributed by atoms with Gasteiger partial charge in [0.25, 0.3) is 0 Å². The van der Waals surface area contributed by atoms with Crippen molar-refractivity contribution in [1.82, 2.24) is 15.5 Å². The van der Waals surface area contributed by atoms with E-state index in [0.29, 0.717) is 11.6 Å². The van der Waals surface area contributed by atoms with Gasteiger partial charge < -0.3 is 5.32 Å². The summed E-state index contributed by atoms with van der Waals surface area (Å²) < 4.78 is 0.950. The van der Waals surface area contributed by atoms with E-state index >= 15 is 0 Å². The summed E-state index contributed by atoms with van der Waals surface area (Å²) in [5, 5.41) is 15.0. The van der Waals surface area contributed by atoms with Crippen LogP contribution < -0.4 is 10.6 Å². The molecular formula is C18H23BrN4O2S. The zero-order chi connectivity index (χ0) is 19.1. The monoisotopic (exact) mass is 438 g/mol. The molecule has 0 saturated heterocycles. The molecule has 2 aromatic rings. The van der Waals surface area contributed by atoms with E-state index in [1.54, 1.807) is 0 Å². The summed E-state index contributed by atoms with van der Waals surface area (Å²) in [4.78, 5) is 24.6. The van der Waals surface area contributed by atoms with Gasteiger partial charge in [0.15, 0.2) is 0 Å². The number of hydrogen-bond acceptors (Lipinski definition) is 5. The van der Waals surface area contributed by atoms with E-state index in [4.69, 9.17) is 0 Å². The van der Waals surface area contributed by atoms with Gasteiger partial charge in [0, 0.05) is 16.5 Å². The van der Waals surface area contributed by atoms with E-state index in [2.05, 4.69) is 36.8 Å². The molecule has 0 bridgehead atoms. The van der Waals surface area contributed by atoms with Gasteiger partial charge in [-0.2, -0.15) is 0 Å². The van der Waals surface area contributed by atoms with Gasteiger partial charge in [-0.15, -0.1) is 10.2 Å². The number of carbonyl (C=O) groups is 2. The second-order valence-corrected chi connectivity index (χ2v) is 7.99. The Hall–Kier alpha value is -1.80. The van der Waals surface area contributed by atoms with Crippen molar-refractivity contribution in [1.29, 1.82) is 0 Å². The van der Waals surface area contributed by atoms with Crippen LogP contribution in [0.3, 0.4) is 0 Å². The molecule has 0 aliphatic rings. The molecule has 6 nitrogen and oxygen atoms in total. The molecule has 2 unspecified atom stereocenters. The van der Waals surface area contributed by atoms with Crippen molar-refractivity contribution in [2.24, 2.45) is 5.92 Å². The average molecular weight is 439 g/mol. The van der Waals surface area contributed by atoms with Gasteiger partial charge in [-0.05, 0) is 24.5 Å². The summed E-state index contributed by atoms with van der Waals surface area (Å²) in [6.07, 6.45) is 1.93. The predicted molar refractivity (Wildman–Crippen MR) is 108 cm³/mol. The molecular weight excluding hydrogens is 416 g/mol. The van der Waals surface area contributed by atoms with Crippen molar-refractivity contribution in [2.45, 2.75) is 46.1 Å². The summed E-state index contributed by atoms with van der Waals surface area (Å²) in [7, 11) is 0. The maximum absolute atomic E-state index is 12.7. The van der Waals surface area contributed by atoms with Gasteiger partial charge in [0.05, 0.1) is 0 Å². The van der Waals surface area contributed by atoms with Gasteiger partial charge in [-0.25, -0.2) is 0 Å². The number of halogens is 1. The molecule has 2 N–H and O–H groups in total. The lowest BCUT2D eigenvalue weighted by atomic mass is 9.98. The van der Waals surface area contributed by atoms with Crippen molar-refractivity contribution >= 4 is 44.2 Å². The first kappa shape index (κ1) is 20.5. The van der Waals surface area contributed by atoms with E-state index in [1.165, 1.54) is 11.3 Å². The number of nitrogens with one attached hydrogen (secondary N) is 2. The lowest BCUT2D eigenvalue weighted by Gasteiger charge is -2.22. The highest BCUT2D eigenvalue weighted by atomic mass is 79.9. The SMILES string of the molecule is CCCC(=O)NC(C(=O)Nc1nnc(-c2cccc(Br)c2)s1)C(C)CC. The molecule has 1 aromatic carbocycles. The highest BCUT2D eigenvalue weighted by molar-refractivity contribution is 9.10. The van der Waals surface area contributed by atoms with Crippen molar-refractivity contribution in [3.63, 3.8) is 0 Å². The van der Waals surface area contributed by atoms with Crippen LogP contribution in [-0.2, 0) is 9.59 Å². The Balaban J connectivity index is 2.10. The summed E-state index contributed by atoms with van der Waals surface area (Å²) in [5.41, 5.74) is 0.923. The van der Waals surface area contributed by atoms with Crippen LogP contribution in [0.25, 0.3) is 10.6 Å². The fourth-order valence-electron chi connectivity index (χ4n) is 2.37. The highest BCUT2D eigenvalue weighted by Gasteiger charge is 2.26. The summed E-state index contributed by atoms with van der Waals surface area (Å²) in [6.45, 7) is 5.87. The summed E-state index contributed by atoms with van der Waals surface area (Å²) in [5.74, 6) is -0.353. The third-order valence-corrected chi connectivity index (χ3v) is 5.40. The number of anilines is 1. The normalized spacial score (nSPS) is 13.1. The first-order valence-electron chi connectivity index (χ1n) is 8.64. The minimum Gasteiger partial charge on any atom is -0.344 e. The van der Waals surface area contributed by atoms with Gasteiger partial charge in [0.2, 0.25) is 16.9 Å². The van der Waals surface area contributed by atoms with Crippen LogP contribution in [0.15, 0.2) is 28.7 Å². The van der Waals surface area contributed by atoms with Crippen molar-refractivity contribution in [3.05, 3.63) is 28.7 Å². The number of amides is 2. The van der Waals surface area contributed by atoms with Crippen LogP contribution >= 0.6 is 27.3 Å². The maximum atomic E-state index is 12.7.